The number of aliphatic hydroxyl groups excluding tert-OH is 2. The molecule has 0 spiro atoms. The zero-order valence-electron chi connectivity index (χ0n) is 36.8. The van der Waals surface area contributed by atoms with E-state index in [1.807, 2.05) is 0 Å². The third kappa shape index (κ3) is 13.9. The molecular weight excluding hydrogens is 737 g/mol. The third-order valence-electron chi connectivity index (χ3n) is 12.3. The van der Waals surface area contributed by atoms with Crippen molar-refractivity contribution in [1.29, 1.82) is 0 Å². The van der Waals surface area contributed by atoms with Gasteiger partial charge in [-0.2, -0.15) is 0 Å². The van der Waals surface area contributed by atoms with Gasteiger partial charge in [0.25, 0.3) is 0 Å². The molecule has 0 atom stereocenters. The van der Waals surface area contributed by atoms with E-state index in [1.54, 1.807) is 13.8 Å². The molecule has 322 valence electrons. The average Bonchev–Trinajstić information content (AvgIpc) is 3.25. The molecule has 0 aliphatic heterocycles. The van der Waals surface area contributed by atoms with Gasteiger partial charge >= 0.3 is 11.9 Å². The molecule has 59 heavy (non-hydrogen) atoms. The fraction of sp³-hybridized carbons (Fsp3) is 0.538. The second kappa shape index (κ2) is 24.2. The number of hydrogen-bond donors (Lipinski definition) is 2. The maximum absolute atomic E-state index is 12.2. The van der Waals surface area contributed by atoms with E-state index in [1.165, 1.54) is 60.8 Å². The summed E-state index contributed by atoms with van der Waals surface area (Å²) in [6, 6.07) is 20.4. The van der Waals surface area contributed by atoms with Crippen molar-refractivity contribution in [2.75, 3.05) is 33.0 Å². The molecule has 2 N–H and O–H groups in total. The number of carbonyl (C=O) groups excluding carboxylic acids is 2. The van der Waals surface area contributed by atoms with Gasteiger partial charge in [-0.3, -0.25) is 0 Å². The first-order chi connectivity index (χ1) is 28.5. The van der Waals surface area contributed by atoms with Gasteiger partial charge in [0.1, 0.15) is 5.75 Å². The van der Waals surface area contributed by atoms with Crippen LogP contribution < -0.4 is 4.74 Å². The molecule has 3 aromatic carbocycles. The molecule has 1 aliphatic rings. The van der Waals surface area contributed by atoms with E-state index in [9.17, 15) is 19.8 Å². The number of esters is 2. The Balaban J connectivity index is 1.68. The highest BCUT2D eigenvalue weighted by Gasteiger charge is 2.29. The minimum atomic E-state index is -0.629. The molecule has 0 saturated heterocycles. The predicted octanol–water partition coefficient (Wildman–Crippen LogP) is 11.7. The van der Waals surface area contributed by atoms with Crippen molar-refractivity contribution in [3.05, 3.63) is 101 Å². The van der Waals surface area contributed by atoms with Gasteiger partial charge in [-0.15, -0.1) is 0 Å². The fourth-order valence-electron chi connectivity index (χ4n) is 8.47. The van der Waals surface area contributed by atoms with Crippen LogP contribution in [0.3, 0.4) is 0 Å². The third-order valence-corrected chi connectivity index (χ3v) is 12.3. The molecule has 7 heteroatoms. The Labute approximate surface area is 355 Å². The Morgan fingerprint density at radius 3 is 1.75 bits per heavy atom. The first-order valence-corrected chi connectivity index (χ1v) is 22.4. The van der Waals surface area contributed by atoms with Crippen molar-refractivity contribution in [3.8, 4) is 28.0 Å². The lowest BCUT2D eigenvalue weighted by molar-refractivity contribution is -0.139. The maximum atomic E-state index is 12.2. The number of aryl methyl sites for hydroxylation is 3. The van der Waals surface area contributed by atoms with Crippen LogP contribution in [0.15, 0.2) is 78.9 Å². The van der Waals surface area contributed by atoms with Crippen LogP contribution in [0.2, 0.25) is 0 Å². The van der Waals surface area contributed by atoms with Crippen LogP contribution in [0.1, 0.15) is 140 Å². The van der Waals surface area contributed by atoms with E-state index in [4.69, 9.17) is 14.2 Å². The quantitative estimate of drug-likeness (QED) is 0.0499. The number of benzene rings is 3. The number of hydrogen-bond acceptors (Lipinski definition) is 7. The Morgan fingerprint density at radius 2 is 1.24 bits per heavy atom. The molecule has 1 saturated carbocycles. The highest BCUT2D eigenvalue weighted by Crippen LogP contribution is 2.40. The van der Waals surface area contributed by atoms with Crippen molar-refractivity contribution >= 4 is 11.9 Å². The minimum Gasteiger partial charge on any atom is -0.493 e. The molecule has 0 radical (unpaired) electrons. The van der Waals surface area contributed by atoms with Crippen LogP contribution >= 0.6 is 0 Å². The van der Waals surface area contributed by atoms with Crippen LogP contribution in [-0.2, 0) is 38.3 Å². The lowest BCUT2D eigenvalue weighted by atomic mass is 9.77. The van der Waals surface area contributed by atoms with Gasteiger partial charge in [0, 0.05) is 16.6 Å². The largest absolute Gasteiger partial charge is 0.493 e. The van der Waals surface area contributed by atoms with Crippen LogP contribution in [0.5, 0.6) is 5.75 Å². The summed E-state index contributed by atoms with van der Waals surface area (Å²) in [5.41, 5.74) is 9.40. The smallest absolute Gasteiger partial charge is 0.333 e. The first kappa shape index (κ1) is 47.5. The molecule has 0 aromatic heterocycles. The lowest BCUT2D eigenvalue weighted by Crippen LogP contribution is -2.32. The van der Waals surface area contributed by atoms with E-state index >= 15 is 0 Å². The van der Waals surface area contributed by atoms with Crippen LogP contribution in [0.25, 0.3) is 22.3 Å². The molecule has 1 aliphatic carbocycles. The Hall–Kier alpha value is -4.20. The van der Waals surface area contributed by atoms with Crippen LogP contribution in [0, 0.1) is 11.3 Å². The van der Waals surface area contributed by atoms with Crippen LogP contribution in [-0.4, -0.2) is 55.2 Å². The molecule has 0 unspecified atom stereocenters. The van der Waals surface area contributed by atoms with Crippen molar-refractivity contribution in [2.45, 2.75) is 137 Å². The fourth-order valence-corrected chi connectivity index (χ4v) is 8.47. The van der Waals surface area contributed by atoms with Gasteiger partial charge in [-0.05, 0) is 153 Å². The van der Waals surface area contributed by atoms with E-state index < -0.39 is 17.4 Å². The normalized spacial score (nSPS) is 15.4. The summed E-state index contributed by atoms with van der Waals surface area (Å²) in [4.78, 5) is 24.4. The summed E-state index contributed by atoms with van der Waals surface area (Å²) >= 11 is 0. The second-order valence-corrected chi connectivity index (χ2v) is 17.0. The zero-order valence-corrected chi connectivity index (χ0v) is 36.8. The van der Waals surface area contributed by atoms with E-state index in [0.29, 0.717) is 62.2 Å². The number of aliphatic hydroxyl groups is 2. The number of unbranched alkanes of at least 4 members (excludes halogenated alkanes) is 1. The Bertz CT molecular complexity index is 1760. The highest BCUT2D eigenvalue weighted by atomic mass is 16.5. The Kier molecular flexibility index (Phi) is 19.4. The number of rotatable bonds is 25. The maximum Gasteiger partial charge on any atom is 0.333 e. The molecule has 3 aromatic rings. The summed E-state index contributed by atoms with van der Waals surface area (Å²) in [5, 5.41) is 20.7. The van der Waals surface area contributed by atoms with Crippen molar-refractivity contribution in [3.63, 3.8) is 0 Å². The number of carbonyl (C=O) groups is 2. The van der Waals surface area contributed by atoms with E-state index in [2.05, 4.69) is 88.5 Å². The molecule has 7 nitrogen and oxygen atoms in total. The molecule has 0 bridgehead atoms. The molecule has 1 fully saturated rings. The van der Waals surface area contributed by atoms with Crippen molar-refractivity contribution in [1.82, 2.24) is 0 Å². The molecule has 0 amide bonds. The van der Waals surface area contributed by atoms with Gasteiger partial charge < -0.3 is 24.4 Å². The standard InChI is InChI=1S/C52H72O7/c1-8-11-27-52(35-53,36-54)28-31-57-49-45(15-12-29-58-50(55)37(4)5)33-47(34-46(49)16-13-30-59-51(56)38(6)7)48-26-25-44(32-40(48)10-3)43-23-21-42(22-24-43)41-19-17-39(14-9-2)18-20-41/h21-26,32-34,39,41,53-54H,4,6,8-20,27-31,35-36H2,1-3,5,7H3/t39-,41-. The van der Waals surface area contributed by atoms with Crippen molar-refractivity contribution < 1.29 is 34.0 Å². The summed E-state index contributed by atoms with van der Waals surface area (Å²) in [5.74, 6) is 1.49. The molecule has 0 heterocycles. The molecule has 4 rings (SSSR count). The topological polar surface area (TPSA) is 102 Å². The van der Waals surface area contributed by atoms with Crippen molar-refractivity contribution in [2.24, 2.45) is 11.3 Å². The van der Waals surface area contributed by atoms with Gasteiger partial charge in [-0.25, -0.2) is 9.59 Å². The van der Waals surface area contributed by atoms with E-state index in [-0.39, 0.29) is 26.4 Å². The summed E-state index contributed by atoms with van der Waals surface area (Å²) in [7, 11) is 0. The van der Waals surface area contributed by atoms with Gasteiger partial charge in [-0.1, -0.05) is 102 Å². The zero-order chi connectivity index (χ0) is 42.8. The second-order valence-electron chi connectivity index (χ2n) is 17.0. The van der Waals surface area contributed by atoms with E-state index in [0.717, 1.165) is 53.2 Å². The van der Waals surface area contributed by atoms with Gasteiger partial charge in [0.2, 0.25) is 0 Å². The predicted molar refractivity (Wildman–Crippen MR) is 241 cm³/mol. The summed E-state index contributed by atoms with van der Waals surface area (Å²) < 4.78 is 17.6. The number of ether oxygens (including phenoxy) is 3. The first-order valence-electron chi connectivity index (χ1n) is 22.4. The highest BCUT2D eigenvalue weighted by molar-refractivity contribution is 5.87. The van der Waals surface area contributed by atoms with Gasteiger partial charge in [0.05, 0.1) is 33.0 Å². The average molecular weight is 809 g/mol. The molecular formula is C52H72O7. The lowest BCUT2D eigenvalue weighted by Gasteiger charge is -2.30. The van der Waals surface area contributed by atoms with Crippen LogP contribution in [0.4, 0.5) is 0 Å². The van der Waals surface area contributed by atoms with Gasteiger partial charge in [0.15, 0.2) is 0 Å². The Morgan fingerprint density at radius 1 is 0.678 bits per heavy atom. The summed E-state index contributed by atoms with van der Waals surface area (Å²) in [6.45, 7) is 17.9. The minimum absolute atomic E-state index is 0.117. The summed E-state index contributed by atoms with van der Waals surface area (Å²) in [6.07, 6.45) is 14.2. The monoisotopic (exact) mass is 809 g/mol. The SMILES string of the molecule is C=C(C)C(=O)OCCCc1cc(-c2ccc(-c3ccc([C@H]4CC[C@H](CCC)CC4)cc3)cc2CC)cc(CCCOC(=O)C(=C)C)c1OCCC(CO)(CO)CCCC.